The molecule has 2 N–H and O–H groups in total. The maximum Gasteiger partial charge on any atom is 0.153 e. The van der Waals surface area contributed by atoms with Crippen LogP contribution in [-0.2, 0) is 0 Å². The standard InChI is InChI=1S/C13H10N4/c14-8-9-6-7-11-10-4-2-1-3-5-12(10)16-17-13(11)15-9/h1-4,6-7,16H,5H2,(H,15,17). The molecular formula is C13H10N4. The second kappa shape index (κ2) is 3.80. The van der Waals surface area contributed by atoms with Gasteiger partial charge in [0.05, 0.1) is 0 Å². The number of nitriles is 1. The molecule has 0 saturated heterocycles. The summed E-state index contributed by atoms with van der Waals surface area (Å²) in [4.78, 5) is 4.23. The van der Waals surface area contributed by atoms with Gasteiger partial charge in [0.1, 0.15) is 11.8 Å². The van der Waals surface area contributed by atoms with Crippen LogP contribution in [0.5, 0.6) is 0 Å². The molecule has 0 fully saturated rings. The van der Waals surface area contributed by atoms with E-state index in [0.717, 1.165) is 23.3 Å². The normalized spacial score (nSPS) is 16.2. The van der Waals surface area contributed by atoms with Gasteiger partial charge in [-0.05, 0) is 12.1 Å². The first-order valence-corrected chi connectivity index (χ1v) is 5.38. The highest BCUT2D eigenvalue weighted by Crippen LogP contribution is 2.31. The highest BCUT2D eigenvalue weighted by molar-refractivity contribution is 5.85. The lowest BCUT2D eigenvalue weighted by Gasteiger charge is -2.23. The van der Waals surface area contributed by atoms with Gasteiger partial charge in [0.25, 0.3) is 0 Å². The minimum Gasteiger partial charge on any atom is -0.303 e. The smallest absolute Gasteiger partial charge is 0.153 e. The first-order chi connectivity index (χ1) is 8.38. The molecule has 0 bridgehead atoms. The zero-order chi connectivity index (χ0) is 11.7. The Hall–Kier alpha value is -2.54. The van der Waals surface area contributed by atoms with Crippen molar-refractivity contribution in [2.24, 2.45) is 0 Å². The maximum absolute atomic E-state index is 8.82. The Morgan fingerprint density at radius 2 is 2.18 bits per heavy atom. The van der Waals surface area contributed by atoms with Crippen LogP contribution in [0.25, 0.3) is 5.57 Å². The number of pyridine rings is 1. The van der Waals surface area contributed by atoms with Crippen molar-refractivity contribution in [2.75, 3.05) is 5.43 Å². The Kier molecular flexibility index (Phi) is 2.16. The summed E-state index contributed by atoms with van der Waals surface area (Å²) in [7, 11) is 0. The number of hydrazine groups is 1. The van der Waals surface area contributed by atoms with Gasteiger partial charge in [-0.15, -0.1) is 0 Å². The van der Waals surface area contributed by atoms with Crippen LogP contribution in [0.3, 0.4) is 0 Å². The fourth-order valence-corrected chi connectivity index (χ4v) is 1.97. The molecule has 1 aromatic heterocycles. The number of hydrogen-bond donors (Lipinski definition) is 2. The fraction of sp³-hybridized carbons (Fsp3) is 0.0769. The lowest BCUT2D eigenvalue weighted by Crippen LogP contribution is -2.27. The van der Waals surface area contributed by atoms with E-state index in [-0.39, 0.29) is 0 Å². The topological polar surface area (TPSA) is 60.7 Å². The number of hydrogen-bond acceptors (Lipinski definition) is 4. The van der Waals surface area contributed by atoms with Crippen molar-refractivity contribution in [3.63, 3.8) is 0 Å². The van der Waals surface area contributed by atoms with E-state index in [1.165, 1.54) is 0 Å². The van der Waals surface area contributed by atoms with Gasteiger partial charge < -0.3 is 5.43 Å². The van der Waals surface area contributed by atoms with Crippen molar-refractivity contribution in [3.05, 3.63) is 53.4 Å². The first kappa shape index (κ1) is 9.67. The van der Waals surface area contributed by atoms with E-state index in [1.54, 1.807) is 6.07 Å². The van der Waals surface area contributed by atoms with Crippen molar-refractivity contribution >= 4 is 11.4 Å². The number of aromatic nitrogens is 1. The minimum atomic E-state index is 0.415. The number of rotatable bonds is 0. The SMILES string of the molecule is N#Cc1ccc2c(n1)NNC1=C2C=CC=CC1. The number of nitrogens with zero attached hydrogens (tertiary/aromatic N) is 2. The van der Waals surface area contributed by atoms with Crippen molar-refractivity contribution in [1.82, 2.24) is 10.4 Å². The van der Waals surface area contributed by atoms with E-state index in [1.807, 2.05) is 24.3 Å². The predicted molar refractivity (Wildman–Crippen MR) is 65.5 cm³/mol. The van der Waals surface area contributed by atoms with E-state index < -0.39 is 0 Å². The summed E-state index contributed by atoms with van der Waals surface area (Å²) in [5.74, 6) is 0.703. The van der Waals surface area contributed by atoms with Crippen LogP contribution >= 0.6 is 0 Å². The van der Waals surface area contributed by atoms with Gasteiger partial charge in [0, 0.05) is 23.3 Å². The van der Waals surface area contributed by atoms with Gasteiger partial charge in [-0.2, -0.15) is 5.26 Å². The molecule has 4 heteroatoms. The van der Waals surface area contributed by atoms with Crippen LogP contribution < -0.4 is 10.9 Å². The van der Waals surface area contributed by atoms with E-state index in [9.17, 15) is 0 Å². The molecule has 0 atom stereocenters. The van der Waals surface area contributed by atoms with Gasteiger partial charge in [0.15, 0.2) is 5.82 Å². The van der Waals surface area contributed by atoms with Crippen molar-refractivity contribution in [2.45, 2.75) is 6.42 Å². The maximum atomic E-state index is 8.82. The highest BCUT2D eigenvalue weighted by Gasteiger charge is 2.18. The summed E-state index contributed by atoms with van der Waals surface area (Å²) in [5, 5.41) is 8.82. The van der Waals surface area contributed by atoms with Gasteiger partial charge in [-0.1, -0.05) is 24.3 Å². The quantitative estimate of drug-likeness (QED) is 0.705. The molecule has 0 unspecified atom stereocenters. The van der Waals surface area contributed by atoms with E-state index in [0.29, 0.717) is 11.5 Å². The fourth-order valence-electron chi connectivity index (χ4n) is 1.97. The molecule has 82 valence electrons. The third-order valence-corrected chi connectivity index (χ3v) is 2.79. The molecule has 0 amide bonds. The van der Waals surface area contributed by atoms with E-state index in [2.05, 4.69) is 28.0 Å². The average molecular weight is 222 g/mol. The summed E-state index contributed by atoms with van der Waals surface area (Å²) in [6, 6.07) is 5.71. The van der Waals surface area contributed by atoms with Gasteiger partial charge in [-0.3, -0.25) is 5.43 Å². The summed E-state index contributed by atoms with van der Waals surface area (Å²) in [6.07, 6.45) is 9.04. The van der Waals surface area contributed by atoms with Gasteiger partial charge in [-0.25, -0.2) is 4.98 Å². The number of allylic oxidation sites excluding steroid dienone is 5. The zero-order valence-electron chi connectivity index (χ0n) is 9.07. The molecule has 1 aliphatic heterocycles. The molecule has 0 radical (unpaired) electrons. The van der Waals surface area contributed by atoms with Crippen LogP contribution in [-0.4, -0.2) is 4.98 Å². The molecule has 2 aliphatic rings. The summed E-state index contributed by atoms with van der Waals surface area (Å²) < 4.78 is 0. The van der Waals surface area contributed by atoms with Crippen LogP contribution in [0.4, 0.5) is 5.82 Å². The Bertz CT molecular complexity index is 602. The average Bonchev–Trinajstić information content (AvgIpc) is 2.63. The Morgan fingerprint density at radius 1 is 1.24 bits per heavy atom. The Balaban J connectivity index is 2.15. The van der Waals surface area contributed by atoms with Gasteiger partial charge in [0.2, 0.25) is 0 Å². The molecule has 3 rings (SSSR count). The summed E-state index contributed by atoms with van der Waals surface area (Å²) in [6.45, 7) is 0. The molecule has 0 aromatic carbocycles. The summed E-state index contributed by atoms with van der Waals surface area (Å²) >= 11 is 0. The molecule has 17 heavy (non-hydrogen) atoms. The molecule has 0 spiro atoms. The highest BCUT2D eigenvalue weighted by atomic mass is 15.4. The number of anilines is 1. The van der Waals surface area contributed by atoms with Crippen LogP contribution in [0.1, 0.15) is 17.7 Å². The Labute approximate surface area is 99.0 Å². The Morgan fingerprint density at radius 3 is 3.06 bits per heavy atom. The molecule has 0 saturated carbocycles. The third kappa shape index (κ3) is 1.58. The second-order valence-corrected chi connectivity index (χ2v) is 3.84. The predicted octanol–water partition coefficient (Wildman–Crippen LogP) is 2.11. The van der Waals surface area contributed by atoms with Crippen molar-refractivity contribution in [3.8, 4) is 6.07 Å². The van der Waals surface area contributed by atoms with Crippen molar-refractivity contribution < 1.29 is 0 Å². The minimum absolute atomic E-state index is 0.415. The molecule has 1 aromatic rings. The van der Waals surface area contributed by atoms with Crippen LogP contribution in [0, 0.1) is 11.3 Å². The lowest BCUT2D eigenvalue weighted by atomic mass is 10.0. The van der Waals surface area contributed by atoms with E-state index in [4.69, 9.17) is 5.26 Å². The molecular weight excluding hydrogens is 212 g/mol. The van der Waals surface area contributed by atoms with Crippen LogP contribution in [0.15, 0.2) is 42.1 Å². The number of nitrogens with one attached hydrogen (secondary N) is 2. The largest absolute Gasteiger partial charge is 0.303 e. The first-order valence-electron chi connectivity index (χ1n) is 5.38. The second-order valence-electron chi connectivity index (χ2n) is 3.84. The van der Waals surface area contributed by atoms with E-state index >= 15 is 0 Å². The number of fused-ring (bicyclic) bond motifs is 2. The molecule has 2 heterocycles. The third-order valence-electron chi connectivity index (χ3n) is 2.79. The van der Waals surface area contributed by atoms with Crippen molar-refractivity contribution in [1.29, 1.82) is 5.26 Å². The lowest BCUT2D eigenvalue weighted by molar-refractivity contribution is 0.894. The molecule has 4 nitrogen and oxygen atoms in total. The zero-order valence-corrected chi connectivity index (χ0v) is 9.07. The van der Waals surface area contributed by atoms with Gasteiger partial charge >= 0.3 is 0 Å². The molecule has 1 aliphatic carbocycles. The summed E-state index contributed by atoms with van der Waals surface area (Å²) in [5.41, 5.74) is 9.84. The van der Waals surface area contributed by atoms with Crippen LogP contribution in [0.2, 0.25) is 0 Å². The monoisotopic (exact) mass is 222 g/mol.